The maximum absolute atomic E-state index is 13.1. The van der Waals surface area contributed by atoms with Crippen molar-refractivity contribution in [2.75, 3.05) is 4.90 Å². The molecule has 10 heteroatoms. The Hall–Kier alpha value is -2.72. The third kappa shape index (κ3) is 5.27. The number of thiocarbonyl (C=S) groups is 1. The number of nitrogens with zero attached hydrogens (tertiary/aromatic N) is 2. The van der Waals surface area contributed by atoms with Gasteiger partial charge >= 0.3 is 0 Å². The SMILES string of the molecule is O=C1/C(=C/c2cc(Br)ccc2OCc2ccccc2Cl)SC(=S)N1c1cccc([N+](=O)[O-])c1. The summed E-state index contributed by atoms with van der Waals surface area (Å²) >= 11 is 16.2. The number of carbonyl (C=O) groups excluding carboxylic acids is 1. The lowest BCUT2D eigenvalue weighted by atomic mass is 10.1. The minimum Gasteiger partial charge on any atom is -0.488 e. The van der Waals surface area contributed by atoms with Crippen molar-refractivity contribution in [3.05, 3.63) is 102 Å². The second kappa shape index (κ2) is 10.0. The first-order valence-electron chi connectivity index (χ1n) is 9.51. The first kappa shape index (κ1) is 23.4. The van der Waals surface area contributed by atoms with Gasteiger partial charge < -0.3 is 4.74 Å². The Morgan fingerprint density at radius 1 is 1.15 bits per heavy atom. The number of carbonyl (C=O) groups is 1. The predicted molar refractivity (Wildman–Crippen MR) is 139 cm³/mol. The van der Waals surface area contributed by atoms with Crippen LogP contribution in [0.5, 0.6) is 5.75 Å². The Bertz CT molecular complexity index is 1320. The number of ether oxygens (including phenoxy) is 1. The van der Waals surface area contributed by atoms with Crippen LogP contribution in [0.15, 0.2) is 76.1 Å². The van der Waals surface area contributed by atoms with Gasteiger partial charge in [-0.1, -0.05) is 75.8 Å². The monoisotopic (exact) mass is 560 g/mol. The number of anilines is 1. The van der Waals surface area contributed by atoms with Crippen LogP contribution in [-0.2, 0) is 11.4 Å². The summed E-state index contributed by atoms with van der Waals surface area (Å²) in [5.74, 6) is 0.210. The molecule has 1 amide bonds. The van der Waals surface area contributed by atoms with Crippen LogP contribution in [0.25, 0.3) is 6.08 Å². The zero-order valence-corrected chi connectivity index (χ0v) is 20.7. The largest absolute Gasteiger partial charge is 0.488 e. The number of amides is 1. The molecule has 1 fully saturated rings. The minimum atomic E-state index is -0.513. The van der Waals surface area contributed by atoms with Crippen LogP contribution in [0, 0.1) is 10.1 Å². The molecular formula is C23H14BrClN2O4S2. The number of rotatable bonds is 6. The Morgan fingerprint density at radius 3 is 2.70 bits per heavy atom. The van der Waals surface area contributed by atoms with Crippen molar-refractivity contribution in [2.45, 2.75) is 6.61 Å². The summed E-state index contributed by atoms with van der Waals surface area (Å²) in [5.41, 5.74) is 1.74. The smallest absolute Gasteiger partial charge is 0.271 e. The fraction of sp³-hybridized carbons (Fsp3) is 0.0435. The summed E-state index contributed by atoms with van der Waals surface area (Å²) < 4.78 is 7.10. The first-order valence-corrected chi connectivity index (χ1v) is 11.9. The summed E-state index contributed by atoms with van der Waals surface area (Å²) in [5, 5.41) is 11.7. The van der Waals surface area contributed by atoms with Crippen LogP contribution in [0.4, 0.5) is 11.4 Å². The van der Waals surface area contributed by atoms with E-state index in [4.69, 9.17) is 28.6 Å². The maximum atomic E-state index is 13.1. The molecule has 0 aliphatic carbocycles. The molecule has 166 valence electrons. The van der Waals surface area contributed by atoms with Gasteiger partial charge in [0.05, 0.1) is 15.5 Å². The summed E-state index contributed by atoms with van der Waals surface area (Å²) in [7, 11) is 0. The zero-order valence-electron chi connectivity index (χ0n) is 16.7. The van der Waals surface area contributed by atoms with Gasteiger partial charge in [-0.25, -0.2) is 0 Å². The van der Waals surface area contributed by atoms with E-state index in [0.717, 1.165) is 21.8 Å². The molecule has 3 aromatic rings. The van der Waals surface area contributed by atoms with E-state index in [2.05, 4.69) is 15.9 Å². The molecule has 0 bridgehead atoms. The minimum absolute atomic E-state index is 0.118. The van der Waals surface area contributed by atoms with E-state index in [9.17, 15) is 14.9 Å². The van der Waals surface area contributed by atoms with E-state index in [1.807, 2.05) is 30.3 Å². The van der Waals surface area contributed by atoms with Crippen molar-refractivity contribution in [1.29, 1.82) is 0 Å². The fourth-order valence-electron chi connectivity index (χ4n) is 3.11. The summed E-state index contributed by atoms with van der Waals surface area (Å²) in [4.78, 5) is 25.4. The number of halogens is 2. The summed E-state index contributed by atoms with van der Waals surface area (Å²) in [6.45, 7) is 0.261. The van der Waals surface area contributed by atoms with E-state index >= 15 is 0 Å². The van der Waals surface area contributed by atoms with Gasteiger partial charge in [0.25, 0.3) is 11.6 Å². The van der Waals surface area contributed by atoms with Gasteiger partial charge in [0.2, 0.25) is 0 Å². The average Bonchev–Trinajstić information content (AvgIpc) is 3.07. The zero-order chi connectivity index (χ0) is 23.5. The highest BCUT2D eigenvalue weighted by atomic mass is 79.9. The molecule has 1 saturated heterocycles. The molecule has 0 N–H and O–H groups in total. The van der Waals surface area contributed by atoms with Crippen LogP contribution < -0.4 is 9.64 Å². The van der Waals surface area contributed by atoms with Crippen LogP contribution in [-0.4, -0.2) is 15.2 Å². The van der Waals surface area contributed by atoms with Crippen molar-refractivity contribution < 1.29 is 14.5 Å². The molecule has 1 heterocycles. The van der Waals surface area contributed by atoms with Crippen molar-refractivity contribution in [3.63, 3.8) is 0 Å². The average molecular weight is 562 g/mol. The topological polar surface area (TPSA) is 72.7 Å². The number of hydrogen-bond acceptors (Lipinski definition) is 6. The Kier molecular flexibility index (Phi) is 7.14. The number of hydrogen-bond donors (Lipinski definition) is 0. The molecule has 1 aliphatic heterocycles. The van der Waals surface area contributed by atoms with E-state index < -0.39 is 4.92 Å². The van der Waals surface area contributed by atoms with Gasteiger partial charge in [0.15, 0.2) is 4.32 Å². The summed E-state index contributed by atoms with van der Waals surface area (Å²) in [6.07, 6.45) is 1.70. The molecule has 0 unspecified atom stereocenters. The molecule has 0 atom stereocenters. The highest BCUT2D eigenvalue weighted by Gasteiger charge is 2.34. The lowest BCUT2D eigenvalue weighted by Crippen LogP contribution is -2.27. The Balaban J connectivity index is 1.62. The maximum Gasteiger partial charge on any atom is 0.271 e. The van der Waals surface area contributed by atoms with E-state index in [1.54, 1.807) is 24.3 Å². The van der Waals surface area contributed by atoms with Crippen molar-refractivity contribution in [3.8, 4) is 5.75 Å². The number of nitro groups is 1. The fourth-order valence-corrected chi connectivity index (χ4v) is 4.97. The quantitative estimate of drug-likeness (QED) is 0.140. The highest BCUT2D eigenvalue weighted by molar-refractivity contribution is 9.10. The second-order valence-electron chi connectivity index (χ2n) is 6.86. The molecule has 0 saturated carbocycles. The number of non-ortho nitro benzene ring substituents is 1. The van der Waals surface area contributed by atoms with Gasteiger partial charge in [-0.15, -0.1) is 0 Å². The van der Waals surface area contributed by atoms with E-state index in [-0.39, 0.29) is 18.2 Å². The summed E-state index contributed by atoms with van der Waals surface area (Å²) in [6, 6.07) is 18.7. The van der Waals surface area contributed by atoms with Crippen molar-refractivity contribution in [1.82, 2.24) is 0 Å². The molecule has 0 aromatic heterocycles. The number of thioether (sulfide) groups is 1. The van der Waals surface area contributed by atoms with Gasteiger partial charge in [-0.3, -0.25) is 19.8 Å². The predicted octanol–water partition coefficient (Wildman–Crippen LogP) is 7.00. The lowest BCUT2D eigenvalue weighted by molar-refractivity contribution is -0.384. The molecule has 1 aliphatic rings. The molecule has 4 rings (SSSR count). The van der Waals surface area contributed by atoms with Crippen LogP contribution in [0.2, 0.25) is 5.02 Å². The third-order valence-electron chi connectivity index (χ3n) is 4.69. The van der Waals surface area contributed by atoms with Crippen LogP contribution in [0.3, 0.4) is 0 Å². The van der Waals surface area contributed by atoms with Gasteiger partial charge in [0, 0.05) is 32.8 Å². The van der Waals surface area contributed by atoms with Gasteiger partial charge in [0.1, 0.15) is 12.4 Å². The van der Waals surface area contributed by atoms with Crippen LogP contribution >= 0.6 is 51.5 Å². The molecular weight excluding hydrogens is 548 g/mol. The van der Waals surface area contributed by atoms with Gasteiger partial charge in [-0.2, -0.15) is 0 Å². The third-order valence-corrected chi connectivity index (χ3v) is 6.86. The normalized spacial score (nSPS) is 14.7. The lowest BCUT2D eigenvalue weighted by Gasteiger charge is -2.14. The number of benzene rings is 3. The van der Waals surface area contributed by atoms with E-state index in [1.165, 1.54) is 23.1 Å². The second-order valence-corrected chi connectivity index (χ2v) is 9.85. The Morgan fingerprint density at radius 2 is 1.94 bits per heavy atom. The Labute approximate surface area is 212 Å². The highest BCUT2D eigenvalue weighted by Crippen LogP contribution is 2.38. The molecule has 0 radical (unpaired) electrons. The molecule has 3 aromatic carbocycles. The molecule has 33 heavy (non-hydrogen) atoms. The first-order chi connectivity index (χ1) is 15.8. The number of nitro benzene ring substituents is 1. The standard InChI is InChI=1S/C23H14BrClN2O4S2/c24-16-8-9-20(31-13-14-4-1-2-7-19(14)25)15(10-16)11-21-22(28)26(23(32)33-21)17-5-3-6-18(12-17)27(29)30/h1-12H,13H2/b21-11-. The van der Waals surface area contributed by atoms with E-state index in [0.29, 0.717) is 31.2 Å². The van der Waals surface area contributed by atoms with Crippen molar-refractivity contribution >= 4 is 79.2 Å². The van der Waals surface area contributed by atoms with Gasteiger partial charge in [-0.05, 0) is 36.4 Å². The van der Waals surface area contributed by atoms with Crippen LogP contribution in [0.1, 0.15) is 11.1 Å². The van der Waals surface area contributed by atoms with Crippen molar-refractivity contribution in [2.24, 2.45) is 0 Å². The molecule has 0 spiro atoms. The molecule has 6 nitrogen and oxygen atoms in total.